The molecule has 0 aliphatic carbocycles. The van der Waals surface area contributed by atoms with E-state index < -0.39 is 0 Å². The highest BCUT2D eigenvalue weighted by Crippen LogP contribution is 2.12. The van der Waals surface area contributed by atoms with Gasteiger partial charge in [0.15, 0.2) is 0 Å². The van der Waals surface area contributed by atoms with Gasteiger partial charge in [-0.15, -0.1) is 5.10 Å². The van der Waals surface area contributed by atoms with Crippen LogP contribution in [0.5, 0.6) is 5.88 Å². The highest BCUT2D eigenvalue weighted by atomic mass is 16.5. The van der Waals surface area contributed by atoms with Crippen LogP contribution >= 0.6 is 0 Å². The number of fused-ring (bicyclic) bond motifs is 1. The first-order valence-corrected chi connectivity index (χ1v) is 6.20. The predicted octanol–water partition coefficient (Wildman–Crippen LogP) is 0.869. The Labute approximate surface area is 119 Å². The number of benzene rings is 1. The van der Waals surface area contributed by atoms with Crippen molar-refractivity contribution in [3.63, 3.8) is 0 Å². The number of amides is 1. The summed E-state index contributed by atoms with van der Waals surface area (Å²) in [6, 6.07) is 8.98. The van der Waals surface area contributed by atoms with Crippen LogP contribution in [-0.4, -0.2) is 38.0 Å². The molecular weight excluding hydrogens is 272 g/mol. The van der Waals surface area contributed by atoms with Crippen molar-refractivity contribution in [2.24, 2.45) is 0 Å². The molecule has 106 valence electrons. The van der Waals surface area contributed by atoms with E-state index in [4.69, 9.17) is 4.74 Å². The summed E-state index contributed by atoms with van der Waals surface area (Å²) in [5.41, 5.74) is 1.54. The van der Waals surface area contributed by atoms with E-state index in [1.54, 1.807) is 0 Å². The Bertz CT molecular complexity index is 785. The van der Waals surface area contributed by atoms with Crippen molar-refractivity contribution < 1.29 is 9.53 Å². The van der Waals surface area contributed by atoms with Crippen molar-refractivity contribution in [3.8, 4) is 5.88 Å². The Kier molecular flexibility index (Phi) is 3.42. The predicted molar refractivity (Wildman–Crippen MR) is 74.7 cm³/mol. The maximum atomic E-state index is 12.0. The monoisotopic (exact) mass is 284 g/mol. The fraction of sp³-hybridized carbons (Fsp3) is 0.154. The summed E-state index contributed by atoms with van der Waals surface area (Å²) in [6.07, 6.45) is 1.32. The average Bonchev–Trinajstić information content (AvgIpc) is 2.91. The number of nitrogens with one attached hydrogen (secondary N) is 1. The van der Waals surface area contributed by atoms with Gasteiger partial charge < -0.3 is 10.1 Å². The molecule has 1 N–H and O–H groups in total. The lowest BCUT2D eigenvalue weighted by Gasteiger charge is -2.05. The molecule has 0 radical (unpaired) electrons. The van der Waals surface area contributed by atoms with Gasteiger partial charge in [-0.05, 0) is 12.1 Å². The van der Waals surface area contributed by atoms with Crippen LogP contribution in [-0.2, 0) is 11.3 Å². The van der Waals surface area contributed by atoms with Gasteiger partial charge in [0.1, 0.15) is 24.2 Å². The minimum Gasteiger partial charge on any atom is -0.481 e. The second kappa shape index (κ2) is 5.53. The third-order valence-corrected chi connectivity index (χ3v) is 2.83. The van der Waals surface area contributed by atoms with Gasteiger partial charge in [-0.2, -0.15) is 0 Å². The second-order valence-electron chi connectivity index (χ2n) is 4.23. The molecule has 0 bridgehead atoms. The van der Waals surface area contributed by atoms with Gasteiger partial charge in [0.05, 0.1) is 12.6 Å². The van der Waals surface area contributed by atoms with E-state index in [1.807, 2.05) is 24.3 Å². The molecule has 21 heavy (non-hydrogen) atoms. The summed E-state index contributed by atoms with van der Waals surface area (Å²) in [7, 11) is 1.50. The standard InChI is InChI=1S/C13H12N6O2/c1-21-13-6-11(14-8-15-13)16-12(20)7-19-10-5-3-2-4-9(10)17-18-19/h2-6,8H,7H2,1H3,(H,14,15,16,20). The third-order valence-electron chi connectivity index (χ3n) is 2.83. The molecule has 2 aromatic heterocycles. The van der Waals surface area contributed by atoms with Crippen molar-refractivity contribution in [3.05, 3.63) is 36.7 Å². The lowest BCUT2D eigenvalue weighted by atomic mass is 10.3. The lowest BCUT2D eigenvalue weighted by Crippen LogP contribution is -2.20. The molecule has 8 nitrogen and oxygen atoms in total. The van der Waals surface area contributed by atoms with Gasteiger partial charge >= 0.3 is 0 Å². The Morgan fingerprint density at radius 3 is 3.05 bits per heavy atom. The van der Waals surface area contributed by atoms with Crippen molar-refractivity contribution >= 4 is 22.8 Å². The van der Waals surface area contributed by atoms with Gasteiger partial charge in [-0.1, -0.05) is 17.3 Å². The summed E-state index contributed by atoms with van der Waals surface area (Å²) < 4.78 is 6.50. The number of methoxy groups -OCH3 is 1. The van der Waals surface area contributed by atoms with E-state index in [0.717, 1.165) is 11.0 Å². The summed E-state index contributed by atoms with van der Waals surface area (Å²) in [5, 5.41) is 10.6. The normalized spacial score (nSPS) is 10.5. The molecule has 0 saturated carbocycles. The molecule has 3 aromatic rings. The Morgan fingerprint density at radius 1 is 1.33 bits per heavy atom. The zero-order valence-corrected chi connectivity index (χ0v) is 11.2. The fourth-order valence-electron chi connectivity index (χ4n) is 1.87. The number of para-hydroxylation sites is 1. The van der Waals surface area contributed by atoms with E-state index in [2.05, 4.69) is 25.6 Å². The van der Waals surface area contributed by atoms with E-state index in [-0.39, 0.29) is 12.5 Å². The van der Waals surface area contributed by atoms with Crippen molar-refractivity contribution in [1.82, 2.24) is 25.0 Å². The number of nitrogens with zero attached hydrogens (tertiary/aromatic N) is 5. The van der Waals surface area contributed by atoms with Crippen LogP contribution in [0.25, 0.3) is 11.0 Å². The maximum absolute atomic E-state index is 12.0. The minimum atomic E-state index is -0.258. The van der Waals surface area contributed by atoms with Gasteiger partial charge in [-0.25, -0.2) is 14.6 Å². The van der Waals surface area contributed by atoms with Gasteiger partial charge in [0.2, 0.25) is 11.8 Å². The van der Waals surface area contributed by atoms with E-state index in [0.29, 0.717) is 11.7 Å². The second-order valence-corrected chi connectivity index (χ2v) is 4.23. The van der Waals surface area contributed by atoms with Crippen LogP contribution in [0.3, 0.4) is 0 Å². The largest absolute Gasteiger partial charge is 0.481 e. The highest BCUT2D eigenvalue weighted by molar-refractivity contribution is 5.90. The average molecular weight is 284 g/mol. The fourth-order valence-corrected chi connectivity index (χ4v) is 1.87. The molecule has 0 unspecified atom stereocenters. The van der Waals surface area contributed by atoms with Crippen LogP contribution < -0.4 is 10.1 Å². The minimum absolute atomic E-state index is 0.0484. The molecule has 0 saturated heterocycles. The Morgan fingerprint density at radius 2 is 2.19 bits per heavy atom. The molecule has 1 aromatic carbocycles. The van der Waals surface area contributed by atoms with Crippen LogP contribution in [0.1, 0.15) is 0 Å². The molecule has 0 aliphatic heterocycles. The smallest absolute Gasteiger partial charge is 0.247 e. The molecule has 1 amide bonds. The number of anilines is 1. The number of rotatable bonds is 4. The highest BCUT2D eigenvalue weighted by Gasteiger charge is 2.09. The van der Waals surface area contributed by atoms with Crippen molar-refractivity contribution in [2.45, 2.75) is 6.54 Å². The zero-order chi connectivity index (χ0) is 14.7. The molecule has 0 aliphatic rings. The number of carbonyl (C=O) groups is 1. The lowest BCUT2D eigenvalue weighted by molar-refractivity contribution is -0.116. The van der Waals surface area contributed by atoms with Gasteiger partial charge in [0, 0.05) is 6.07 Å². The number of carbonyl (C=O) groups excluding carboxylic acids is 1. The maximum Gasteiger partial charge on any atom is 0.247 e. The summed E-state index contributed by atoms with van der Waals surface area (Å²) >= 11 is 0. The van der Waals surface area contributed by atoms with E-state index >= 15 is 0 Å². The number of hydrogen-bond donors (Lipinski definition) is 1. The summed E-state index contributed by atoms with van der Waals surface area (Å²) in [4.78, 5) is 19.8. The number of hydrogen-bond acceptors (Lipinski definition) is 6. The van der Waals surface area contributed by atoms with Crippen LogP contribution in [0.2, 0.25) is 0 Å². The van der Waals surface area contributed by atoms with Gasteiger partial charge in [0.25, 0.3) is 0 Å². The number of aromatic nitrogens is 5. The SMILES string of the molecule is COc1cc(NC(=O)Cn2nnc3ccccc32)ncn1. The molecule has 0 atom stereocenters. The zero-order valence-electron chi connectivity index (χ0n) is 11.2. The summed E-state index contributed by atoms with van der Waals surface area (Å²) in [6.45, 7) is 0.0484. The van der Waals surface area contributed by atoms with Gasteiger partial charge in [-0.3, -0.25) is 4.79 Å². The molecule has 2 heterocycles. The topological polar surface area (TPSA) is 94.8 Å². The molecule has 0 fully saturated rings. The first-order valence-electron chi connectivity index (χ1n) is 6.20. The number of ether oxygens (including phenoxy) is 1. The first kappa shape index (κ1) is 13.0. The molecule has 8 heteroatoms. The van der Waals surface area contributed by atoms with E-state index in [9.17, 15) is 4.79 Å². The third kappa shape index (κ3) is 2.78. The van der Waals surface area contributed by atoms with E-state index in [1.165, 1.54) is 24.2 Å². The molecule has 3 rings (SSSR count). The molecular formula is C13H12N6O2. The quantitative estimate of drug-likeness (QED) is 0.763. The Hall–Kier alpha value is -3.03. The Balaban J connectivity index is 1.74. The van der Waals surface area contributed by atoms with Crippen LogP contribution in [0.4, 0.5) is 5.82 Å². The van der Waals surface area contributed by atoms with Crippen molar-refractivity contribution in [1.29, 1.82) is 0 Å². The summed E-state index contributed by atoms with van der Waals surface area (Å²) in [5.74, 6) is 0.495. The molecule has 0 spiro atoms. The first-order chi connectivity index (χ1) is 10.3. The van der Waals surface area contributed by atoms with Crippen LogP contribution in [0.15, 0.2) is 36.7 Å². The van der Waals surface area contributed by atoms with Crippen LogP contribution in [0, 0.1) is 0 Å². The van der Waals surface area contributed by atoms with Crippen molar-refractivity contribution in [2.75, 3.05) is 12.4 Å².